The van der Waals surface area contributed by atoms with E-state index in [-0.39, 0.29) is 24.0 Å². The highest BCUT2D eigenvalue weighted by atomic mass is 127. The number of nitrogens with zero attached hydrogens (tertiary/aromatic N) is 1. The maximum atomic E-state index is 6.01. The smallest absolute Gasteiger partial charge is 0.189 e. The van der Waals surface area contributed by atoms with E-state index in [1.807, 2.05) is 43.3 Å². The average Bonchev–Trinajstić information content (AvgIpc) is 2.76. The summed E-state index contributed by atoms with van der Waals surface area (Å²) in [6, 6.07) is 13.9. The molecule has 8 heteroatoms. The van der Waals surface area contributed by atoms with Crippen LogP contribution in [0.1, 0.15) is 23.6 Å². The average molecular weight is 529 g/mol. The summed E-state index contributed by atoms with van der Waals surface area (Å²) in [5.74, 6) is 1.76. The lowest BCUT2D eigenvalue weighted by molar-refractivity contribution is 0.0453. The zero-order valence-corrected chi connectivity index (χ0v) is 20.2. The molecular weight excluding hydrogens is 497 g/mol. The van der Waals surface area contributed by atoms with Crippen molar-refractivity contribution in [1.29, 1.82) is 0 Å². The number of nitrogens with one attached hydrogen (secondary N) is 1. The van der Waals surface area contributed by atoms with Gasteiger partial charge in [-0.2, -0.15) is 0 Å². The molecular formula is C22H32IN3O4. The van der Waals surface area contributed by atoms with Crippen LogP contribution in [0.5, 0.6) is 11.5 Å². The molecule has 7 nitrogen and oxygen atoms in total. The van der Waals surface area contributed by atoms with Crippen molar-refractivity contribution in [3.63, 3.8) is 0 Å². The minimum atomic E-state index is 0. The van der Waals surface area contributed by atoms with Crippen LogP contribution in [0.2, 0.25) is 0 Å². The van der Waals surface area contributed by atoms with Gasteiger partial charge in [0.25, 0.3) is 0 Å². The van der Waals surface area contributed by atoms with Crippen LogP contribution < -0.4 is 20.5 Å². The van der Waals surface area contributed by atoms with Gasteiger partial charge in [-0.1, -0.05) is 30.3 Å². The number of halogens is 1. The molecule has 3 N–H and O–H groups in total. The maximum Gasteiger partial charge on any atom is 0.189 e. The summed E-state index contributed by atoms with van der Waals surface area (Å²) in [6.07, 6.45) is 0. The van der Waals surface area contributed by atoms with Gasteiger partial charge in [0.15, 0.2) is 17.5 Å². The van der Waals surface area contributed by atoms with E-state index in [4.69, 9.17) is 24.7 Å². The van der Waals surface area contributed by atoms with Crippen LogP contribution in [0.25, 0.3) is 0 Å². The first-order valence-electron chi connectivity index (χ1n) is 9.64. The molecule has 0 heterocycles. The van der Waals surface area contributed by atoms with Crippen LogP contribution in [0.3, 0.4) is 0 Å². The van der Waals surface area contributed by atoms with Gasteiger partial charge in [-0.3, -0.25) is 0 Å². The Morgan fingerprint density at radius 1 is 0.933 bits per heavy atom. The Labute approximate surface area is 196 Å². The van der Waals surface area contributed by atoms with Crippen LogP contribution in [-0.2, 0) is 29.2 Å². The second-order valence-electron chi connectivity index (χ2n) is 6.31. The Balaban J connectivity index is 0.00000450. The molecule has 0 spiro atoms. The van der Waals surface area contributed by atoms with Gasteiger partial charge < -0.3 is 30.0 Å². The van der Waals surface area contributed by atoms with Gasteiger partial charge in [0.05, 0.1) is 40.6 Å². The van der Waals surface area contributed by atoms with Gasteiger partial charge in [-0.15, -0.1) is 24.0 Å². The molecule has 0 radical (unpaired) electrons. The molecule has 0 saturated carbocycles. The molecule has 0 aliphatic heterocycles. The van der Waals surface area contributed by atoms with Crippen molar-refractivity contribution in [2.45, 2.75) is 26.6 Å². The van der Waals surface area contributed by atoms with Crippen LogP contribution in [0.4, 0.5) is 0 Å². The lowest BCUT2D eigenvalue weighted by Crippen LogP contribution is -2.31. The fourth-order valence-corrected chi connectivity index (χ4v) is 2.69. The fraction of sp³-hybridized carbons (Fsp3) is 0.409. The number of nitrogens with two attached hydrogens (primary N) is 1. The van der Waals surface area contributed by atoms with Crippen molar-refractivity contribution in [3.8, 4) is 11.5 Å². The monoisotopic (exact) mass is 529 g/mol. The predicted molar refractivity (Wildman–Crippen MR) is 130 cm³/mol. The predicted octanol–water partition coefficient (Wildman–Crippen LogP) is 3.48. The minimum absolute atomic E-state index is 0. The number of benzene rings is 2. The SMILES string of the molecule is CCOCCOCc1cccc(CN=C(N)NCc2ccc(OC)c(OC)c2)c1.I. The van der Waals surface area contributed by atoms with Gasteiger partial charge in [0, 0.05) is 13.2 Å². The molecule has 0 amide bonds. The summed E-state index contributed by atoms with van der Waals surface area (Å²) >= 11 is 0. The topological polar surface area (TPSA) is 87.3 Å². The normalized spacial score (nSPS) is 11.0. The van der Waals surface area contributed by atoms with Crippen molar-refractivity contribution >= 4 is 29.9 Å². The molecule has 0 bridgehead atoms. The van der Waals surface area contributed by atoms with E-state index < -0.39 is 0 Å². The molecule has 0 unspecified atom stereocenters. The second kappa shape index (κ2) is 14.9. The number of guanidine groups is 1. The fourth-order valence-electron chi connectivity index (χ4n) is 2.69. The standard InChI is InChI=1S/C22H31N3O4.HI/c1-4-28-10-11-29-16-19-7-5-6-17(12-19)14-24-22(23)25-15-18-8-9-20(26-2)21(13-18)27-3;/h5-9,12-13H,4,10-11,14-16H2,1-3H3,(H3,23,24,25);1H. The van der Waals surface area contributed by atoms with Crippen LogP contribution in [0, 0.1) is 0 Å². The van der Waals surface area contributed by atoms with Gasteiger partial charge in [0.2, 0.25) is 0 Å². The third kappa shape index (κ3) is 9.19. The van der Waals surface area contributed by atoms with Crippen molar-refractivity contribution in [2.24, 2.45) is 10.7 Å². The van der Waals surface area contributed by atoms with Crippen molar-refractivity contribution in [2.75, 3.05) is 34.0 Å². The van der Waals surface area contributed by atoms with Crippen molar-refractivity contribution in [3.05, 3.63) is 59.2 Å². The molecule has 0 fully saturated rings. The minimum Gasteiger partial charge on any atom is -0.493 e. The van der Waals surface area contributed by atoms with E-state index in [2.05, 4.69) is 16.4 Å². The number of rotatable bonds is 12. The summed E-state index contributed by atoms with van der Waals surface area (Å²) in [5, 5.41) is 3.12. The Kier molecular flexibility index (Phi) is 12.9. The Hall–Kier alpha value is -2.04. The zero-order valence-electron chi connectivity index (χ0n) is 17.8. The van der Waals surface area contributed by atoms with E-state index in [0.29, 0.717) is 57.0 Å². The van der Waals surface area contributed by atoms with Crippen LogP contribution in [-0.4, -0.2) is 40.0 Å². The molecule has 2 rings (SSSR count). The molecule has 0 aliphatic carbocycles. The highest BCUT2D eigenvalue weighted by molar-refractivity contribution is 14.0. The Morgan fingerprint density at radius 2 is 1.67 bits per heavy atom. The van der Waals surface area contributed by atoms with Crippen molar-refractivity contribution in [1.82, 2.24) is 5.32 Å². The van der Waals surface area contributed by atoms with E-state index >= 15 is 0 Å². The number of methoxy groups -OCH3 is 2. The number of aliphatic imine (C=N–C) groups is 1. The largest absolute Gasteiger partial charge is 0.493 e. The van der Waals surface area contributed by atoms with Gasteiger partial charge >= 0.3 is 0 Å². The molecule has 0 atom stereocenters. The lowest BCUT2D eigenvalue weighted by atomic mass is 10.1. The summed E-state index contributed by atoms with van der Waals surface area (Å²) in [6.45, 7) is 5.47. The van der Waals surface area contributed by atoms with Gasteiger partial charge in [0.1, 0.15) is 0 Å². The number of hydrogen-bond acceptors (Lipinski definition) is 5. The molecule has 30 heavy (non-hydrogen) atoms. The lowest BCUT2D eigenvalue weighted by Gasteiger charge is -2.11. The molecule has 0 aromatic heterocycles. The van der Waals surface area contributed by atoms with Crippen LogP contribution in [0.15, 0.2) is 47.5 Å². The summed E-state index contributed by atoms with van der Waals surface area (Å²) < 4.78 is 21.4. The summed E-state index contributed by atoms with van der Waals surface area (Å²) in [5.41, 5.74) is 9.20. The van der Waals surface area contributed by atoms with Crippen LogP contribution >= 0.6 is 24.0 Å². The third-order valence-corrected chi connectivity index (χ3v) is 4.19. The molecule has 2 aromatic rings. The van der Waals surface area contributed by atoms with Gasteiger partial charge in [-0.25, -0.2) is 4.99 Å². The molecule has 0 saturated heterocycles. The molecule has 166 valence electrons. The highest BCUT2D eigenvalue weighted by Crippen LogP contribution is 2.27. The first kappa shape index (κ1) is 26.0. The third-order valence-electron chi connectivity index (χ3n) is 4.19. The number of hydrogen-bond donors (Lipinski definition) is 2. The highest BCUT2D eigenvalue weighted by Gasteiger charge is 2.04. The van der Waals surface area contributed by atoms with Gasteiger partial charge in [-0.05, 0) is 35.7 Å². The second-order valence-corrected chi connectivity index (χ2v) is 6.31. The molecule has 2 aromatic carbocycles. The zero-order chi connectivity index (χ0) is 20.9. The van der Waals surface area contributed by atoms with Crippen molar-refractivity contribution < 1.29 is 18.9 Å². The van der Waals surface area contributed by atoms with E-state index in [0.717, 1.165) is 16.7 Å². The Bertz CT molecular complexity index is 787. The first-order chi connectivity index (χ1) is 14.2. The summed E-state index contributed by atoms with van der Waals surface area (Å²) in [7, 11) is 3.23. The first-order valence-corrected chi connectivity index (χ1v) is 9.64. The number of ether oxygens (including phenoxy) is 4. The van der Waals surface area contributed by atoms with E-state index in [1.165, 1.54) is 0 Å². The van der Waals surface area contributed by atoms with E-state index in [1.54, 1.807) is 14.2 Å². The maximum absolute atomic E-state index is 6.01. The van der Waals surface area contributed by atoms with E-state index in [9.17, 15) is 0 Å². The quantitative estimate of drug-likeness (QED) is 0.190. The molecule has 0 aliphatic rings. The Morgan fingerprint density at radius 3 is 2.40 bits per heavy atom. The summed E-state index contributed by atoms with van der Waals surface area (Å²) in [4.78, 5) is 4.41.